The van der Waals surface area contributed by atoms with Gasteiger partial charge in [-0.25, -0.2) is 0 Å². The van der Waals surface area contributed by atoms with Crippen molar-refractivity contribution in [3.05, 3.63) is 0 Å². The Balaban J connectivity index is 2.67. The van der Waals surface area contributed by atoms with Crippen molar-refractivity contribution in [3.8, 4) is 0 Å². The fraction of sp³-hybridized carbons (Fsp3) is 0.857. The average molecular weight is 207 g/mol. The number of aliphatic hydroxyl groups is 3. The highest BCUT2D eigenvalue weighted by molar-refractivity contribution is 5.37. The molecule has 0 aromatic heterocycles. The molecule has 0 bridgehead atoms. The lowest BCUT2D eigenvalue weighted by molar-refractivity contribution is -0.253. The predicted octanol–water partition coefficient (Wildman–Crippen LogP) is -3.07. The molecule has 0 aromatic carbocycles. The van der Waals surface area contributed by atoms with Crippen LogP contribution in [0, 0.1) is 0 Å². The van der Waals surface area contributed by atoms with Crippen LogP contribution in [0.25, 0.3) is 0 Å². The number of nitrogens with two attached hydrogens (primary N) is 1. The Morgan fingerprint density at radius 3 is 2.57 bits per heavy atom. The van der Waals surface area contributed by atoms with Gasteiger partial charge < -0.3 is 30.5 Å². The topological polar surface area (TPSA) is 122 Å². The number of rotatable bonds is 3. The van der Waals surface area contributed by atoms with E-state index in [2.05, 4.69) is 4.74 Å². The zero-order chi connectivity index (χ0) is 10.7. The molecular weight excluding hydrogens is 194 g/mol. The minimum atomic E-state index is -1.30. The molecule has 1 aliphatic rings. The van der Waals surface area contributed by atoms with Gasteiger partial charge in [-0.1, -0.05) is 0 Å². The van der Waals surface area contributed by atoms with E-state index in [1.54, 1.807) is 0 Å². The Labute approximate surface area is 80.0 Å². The van der Waals surface area contributed by atoms with Crippen LogP contribution in [0.3, 0.4) is 0 Å². The minimum Gasteiger partial charge on any atom is -0.436 e. The van der Waals surface area contributed by atoms with Gasteiger partial charge in [0.05, 0.1) is 12.6 Å². The van der Waals surface area contributed by atoms with E-state index < -0.39 is 37.3 Å². The van der Waals surface area contributed by atoms with Gasteiger partial charge in [0.1, 0.15) is 18.3 Å². The van der Waals surface area contributed by atoms with Crippen LogP contribution in [0.15, 0.2) is 0 Å². The number of ether oxygens (including phenoxy) is 2. The zero-order valence-electron chi connectivity index (χ0n) is 7.31. The van der Waals surface area contributed by atoms with Gasteiger partial charge in [-0.3, -0.25) is 4.79 Å². The van der Waals surface area contributed by atoms with E-state index in [-0.39, 0.29) is 6.47 Å². The Morgan fingerprint density at radius 1 is 1.43 bits per heavy atom. The van der Waals surface area contributed by atoms with Crippen LogP contribution in [0.4, 0.5) is 0 Å². The van der Waals surface area contributed by atoms with Crippen molar-refractivity contribution in [1.29, 1.82) is 0 Å². The standard InChI is InChI=1S/C7H13NO6/c8-4-6(12)5(11)3(1-9)14-7(4)13-2-10/h2-7,9,11-12H,1,8H2/t3-,4-,5+,6-,7?/m1/s1. The molecule has 0 aromatic rings. The second-order valence-corrected chi connectivity index (χ2v) is 3.02. The summed E-state index contributed by atoms with van der Waals surface area (Å²) < 4.78 is 9.37. The van der Waals surface area contributed by atoms with Gasteiger partial charge in [0, 0.05) is 0 Å². The molecule has 7 heteroatoms. The summed E-state index contributed by atoms with van der Waals surface area (Å²) in [5, 5.41) is 27.5. The lowest BCUT2D eigenvalue weighted by Gasteiger charge is -2.39. The highest BCUT2D eigenvalue weighted by Gasteiger charge is 2.43. The number of aliphatic hydroxyl groups excluding tert-OH is 3. The third kappa shape index (κ3) is 2.02. The highest BCUT2D eigenvalue weighted by atomic mass is 16.7. The van der Waals surface area contributed by atoms with E-state index >= 15 is 0 Å². The Bertz CT molecular complexity index is 199. The van der Waals surface area contributed by atoms with Crippen molar-refractivity contribution in [2.24, 2.45) is 5.73 Å². The van der Waals surface area contributed by atoms with E-state index in [9.17, 15) is 15.0 Å². The van der Waals surface area contributed by atoms with Crippen molar-refractivity contribution < 1.29 is 29.6 Å². The lowest BCUT2D eigenvalue weighted by Crippen LogP contribution is -2.62. The molecule has 0 saturated carbocycles. The molecule has 5 atom stereocenters. The molecule has 82 valence electrons. The van der Waals surface area contributed by atoms with E-state index in [0.717, 1.165) is 0 Å². The summed E-state index contributed by atoms with van der Waals surface area (Å²) in [6, 6.07) is -1.03. The third-order valence-electron chi connectivity index (χ3n) is 2.12. The Morgan fingerprint density at radius 2 is 2.07 bits per heavy atom. The first-order valence-corrected chi connectivity index (χ1v) is 4.09. The summed E-state index contributed by atoms with van der Waals surface area (Å²) in [6.07, 6.45) is -4.75. The van der Waals surface area contributed by atoms with E-state index in [4.69, 9.17) is 15.6 Å². The van der Waals surface area contributed by atoms with E-state index in [1.807, 2.05) is 0 Å². The van der Waals surface area contributed by atoms with Gasteiger partial charge in [0.15, 0.2) is 0 Å². The molecule has 1 saturated heterocycles. The molecule has 1 unspecified atom stereocenters. The predicted molar refractivity (Wildman–Crippen MR) is 42.9 cm³/mol. The van der Waals surface area contributed by atoms with Crippen molar-refractivity contribution in [2.45, 2.75) is 30.6 Å². The normalized spacial score (nSPS) is 43.3. The summed E-state index contributed by atoms with van der Waals surface area (Å²) >= 11 is 0. The number of hydrogen-bond acceptors (Lipinski definition) is 7. The number of carbonyl (C=O) groups excluding carboxylic acids is 1. The summed E-state index contributed by atoms with van der Waals surface area (Å²) in [5.74, 6) is 0. The number of carbonyl (C=O) groups is 1. The average Bonchev–Trinajstić information content (AvgIpc) is 2.19. The maximum Gasteiger partial charge on any atom is 0.295 e. The van der Waals surface area contributed by atoms with Gasteiger partial charge in [-0.2, -0.15) is 0 Å². The van der Waals surface area contributed by atoms with Crippen LogP contribution in [0.5, 0.6) is 0 Å². The molecular formula is C7H13NO6. The van der Waals surface area contributed by atoms with Crippen molar-refractivity contribution >= 4 is 6.47 Å². The number of hydrogen-bond donors (Lipinski definition) is 4. The van der Waals surface area contributed by atoms with Crippen molar-refractivity contribution in [2.75, 3.05) is 6.61 Å². The molecule has 1 fully saturated rings. The first-order chi connectivity index (χ1) is 6.61. The molecule has 0 aliphatic carbocycles. The third-order valence-corrected chi connectivity index (χ3v) is 2.12. The fourth-order valence-electron chi connectivity index (χ4n) is 1.28. The summed E-state index contributed by atoms with van der Waals surface area (Å²) in [5.41, 5.74) is 5.42. The van der Waals surface area contributed by atoms with Crippen LogP contribution in [-0.4, -0.2) is 59.0 Å². The van der Waals surface area contributed by atoms with Crippen LogP contribution in [0.2, 0.25) is 0 Å². The summed E-state index contributed by atoms with van der Waals surface area (Å²) in [6.45, 7) is -0.368. The zero-order valence-corrected chi connectivity index (χ0v) is 7.31. The van der Waals surface area contributed by atoms with Crippen LogP contribution >= 0.6 is 0 Å². The van der Waals surface area contributed by atoms with Crippen molar-refractivity contribution in [3.63, 3.8) is 0 Å². The maximum absolute atomic E-state index is 10.0. The van der Waals surface area contributed by atoms with E-state index in [1.165, 1.54) is 0 Å². The van der Waals surface area contributed by atoms with Gasteiger partial charge in [-0.15, -0.1) is 0 Å². The molecule has 0 radical (unpaired) electrons. The van der Waals surface area contributed by atoms with Gasteiger partial charge in [0.2, 0.25) is 6.29 Å². The molecule has 1 aliphatic heterocycles. The first-order valence-electron chi connectivity index (χ1n) is 4.09. The smallest absolute Gasteiger partial charge is 0.295 e. The van der Waals surface area contributed by atoms with Crippen LogP contribution < -0.4 is 5.73 Å². The molecule has 1 rings (SSSR count). The molecule has 0 amide bonds. The SMILES string of the molecule is N[C@H]1C(OC=O)O[C@H](CO)[C@H](O)[C@@H]1O. The molecule has 0 spiro atoms. The highest BCUT2D eigenvalue weighted by Crippen LogP contribution is 2.19. The van der Waals surface area contributed by atoms with Gasteiger partial charge in [0.25, 0.3) is 6.47 Å². The molecule has 14 heavy (non-hydrogen) atoms. The monoisotopic (exact) mass is 207 g/mol. The van der Waals surface area contributed by atoms with Crippen molar-refractivity contribution in [1.82, 2.24) is 0 Å². The summed E-state index contributed by atoms with van der Waals surface area (Å²) in [7, 11) is 0. The van der Waals surface area contributed by atoms with E-state index in [0.29, 0.717) is 0 Å². The Hall–Kier alpha value is -0.730. The Kier molecular flexibility index (Phi) is 3.78. The van der Waals surface area contributed by atoms with Gasteiger partial charge >= 0.3 is 0 Å². The summed E-state index contributed by atoms with van der Waals surface area (Å²) in [4.78, 5) is 10.0. The minimum absolute atomic E-state index is 0.128. The van der Waals surface area contributed by atoms with Crippen LogP contribution in [-0.2, 0) is 14.3 Å². The fourth-order valence-corrected chi connectivity index (χ4v) is 1.28. The molecule has 1 heterocycles. The first kappa shape index (κ1) is 11.3. The lowest BCUT2D eigenvalue weighted by atomic mass is 9.98. The molecule has 5 N–H and O–H groups in total. The molecule has 7 nitrogen and oxygen atoms in total. The largest absolute Gasteiger partial charge is 0.436 e. The van der Waals surface area contributed by atoms with Crippen LogP contribution in [0.1, 0.15) is 0 Å². The second-order valence-electron chi connectivity index (χ2n) is 3.02. The van der Waals surface area contributed by atoms with Gasteiger partial charge in [-0.05, 0) is 0 Å². The maximum atomic E-state index is 10.0. The quantitative estimate of drug-likeness (QED) is 0.362. The second kappa shape index (κ2) is 4.67.